The number of hydrogen-bond acceptors (Lipinski definition) is 5. The number of hydrogen-bond donors (Lipinski definition) is 1. The fourth-order valence-corrected chi connectivity index (χ4v) is 3.26. The number of rotatable bonds is 4. The maximum Gasteiger partial charge on any atom is 0.311 e. The van der Waals surface area contributed by atoms with Gasteiger partial charge in [0.2, 0.25) is 0 Å². The molecule has 1 aliphatic rings. The van der Waals surface area contributed by atoms with Crippen molar-refractivity contribution in [2.75, 3.05) is 18.0 Å². The minimum absolute atomic E-state index is 0.476. The van der Waals surface area contributed by atoms with E-state index in [9.17, 15) is 9.90 Å². The van der Waals surface area contributed by atoms with Crippen LogP contribution in [0.15, 0.2) is 12.7 Å². The number of imidazole rings is 1. The van der Waals surface area contributed by atoms with Crippen LogP contribution in [0.5, 0.6) is 0 Å². The number of nitrogens with zero attached hydrogens (tertiary/aromatic N) is 5. The summed E-state index contributed by atoms with van der Waals surface area (Å²) in [5.41, 5.74) is 0.861. The smallest absolute Gasteiger partial charge is 0.311 e. The van der Waals surface area contributed by atoms with E-state index in [-0.39, 0.29) is 0 Å². The predicted molar refractivity (Wildman–Crippen MR) is 82.8 cm³/mol. The molecule has 7 heteroatoms. The van der Waals surface area contributed by atoms with Crippen LogP contribution in [0.4, 0.5) is 5.82 Å². The maximum absolute atomic E-state index is 11.7. The number of aromatic nitrogens is 4. The molecule has 118 valence electrons. The van der Waals surface area contributed by atoms with Gasteiger partial charge in [0.05, 0.1) is 11.7 Å². The normalized spacial score (nSPS) is 22.2. The Bertz CT molecular complexity index is 698. The summed E-state index contributed by atoms with van der Waals surface area (Å²) < 4.78 is 1.97. The Morgan fingerprint density at radius 3 is 2.86 bits per heavy atom. The summed E-state index contributed by atoms with van der Waals surface area (Å²) >= 11 is 0. The number of aryl methyl sites for hydroxylation is 1. The van der Waals surface area contributed by atoms with Gasteiger partial charge in [-0.15, -0.1) is 0 Å². The van der Waals surface area contributed by atoms with Crippen molar-refractivity contribution in [2.24, 2.45) is 5.41 Å². The molecular formula is C15H21N5O2. The van der Waals surface area contributed by atoms with Gasteiger partial charge >= 0.3 is 5.97 Å². The van der Waals surface area contributed by atoms with Gasteiger partial charge in [-0.05, 0) is 26.2 Å². The molecule has 0 aliphatic carbocycles. The van der Waals surface area contributed by atoms with Crippen LogP contribution in [0, 0.1) is 5.41 Å². The molecule has 3 rings (SSSR count). The number of carbonyl (C=O) groups is 1. The van der Waals surface area contributed by atoms with E-state index < -0.39 is 11.4 Å². The Labute approximate surface area is 129 Å². The molecule has 0 bridgehead atoms. The monoisotopic (exact) mass is 303 g/mol. The van der Waals surface area contributed by atoms with Gasteiger partial charge in [-0.3, -0.25) is 4.79 Å². The van der Waals surface area contributed by atoms with Crippen molar-refractivity contribution in [3.05, 3.63) is 12.7 Å². The summed E-state index contributed by atoms with van der Waals surface area (Å²) in [4.78, 5) is 26.9. The highest BCUT2D eigenvalue weighted by Crippen LogP contribution is 2.36. The van der Waals surface area contributed by atoms with E-state index in [1.165, 1.54) is 6.33 Å². The molecule has 1 aliphatic heterocycles. The summed E-state index contributed by atoms with van der Waals surface area (Å²) in [7, 11) is 0. The van der Waals surface area contributed by atoms with E-state index in [1.807, 2.05) is 18.4 Å². The zero-order valence-electron chi connectivity index (χ0n) is 13.0. The average molecular weight is 303 g/mol. The second-order valence-electron chi connectivity index (χ2n) is 5.86. The van der Waals surface area contributed by atoms with Gasteiger partial charge in [0.15, 0.2) is 17.0 Å². The molecule has 1 N–H and O–H groups in total. The fraction of sp³-hybridized carbons (Fsp3) is 0.600. The summed E-state index contributed by atoms with van der Waals surface area (Å²) in [6.07, 6.45) is 5.48. The van der Waals surface area contributed by atoms with Crippen molar-refractivity contribution in [2.45, 2.75) is 39.7 Å². The average Bonchev–Trinajstić information content (AvgIpc) is 2.97. The van der Waals surface area contributed by atoms with Gasteiger partial charge in [-0.2, -0.15) is 0 Å². The van der Waals surface area contributed by atoms with E-state index in [0.717, 1.165) is 36.5 Å². The van der Waals surface area contributed by atoms with Crippen molar-refractivity contribution in [1.82, 2.24) is 19.5 Å². The molecule has 0 amide bonds. The minimum Gasteiger partial charge on any atom is -0.481 e. The summed E-state index contributed by atoms with van der Waals surface area (Å²) in [6, 6.07) is 0. The minimum atomic E-state index is -0.718. The first-order valence-corrected chi connectivity index (χ1v) is 7.75. The Hall–Kier alpha value is -2.18. The van der Waals surface area contributed by atoms with Crippen LogP contribution in [0.1, 0.15) is 33.1 Å². The first-order chi connectivity index (χ1) is 10.6. The molecule has 0 spiro atoms. The summed E-state index contributed by atoms with van der Waals surface area (Å²) in [5, 5.41) is 9.63. The maximum atomic E-state index is 11.7. The van der Waals surface area contributed by atoms with Crippen molar-refractivity contribution < 1.29 is 9.90 Å². The second-order valence-corrected chi connectivity index (χ2v) is 5.86. The number of fused-ring (bicyclic) bond motifs is 1. The van der Waals surface area contributed by atoms with Gasteiger partial charge in [-0.25, -0.2) is 15.0 Å². The zero-order chi connectivity index (χ0) is 15.7. The number of aliphatic carboxylic acids is 1. The lowest BCUT2D eigenvalue weighted by molar-refractivity contribution is -0.149. The van der Waals surface area contributed by atoms with Gasteiger partial charge in [0, 0.05) is 19.6 Å². The third-order valence-corrected chi connectivity index (χ3v) is 4.73. The third kappa shape index (κ3) is 2.20. The number of anilines is 1. The summed E-state index contributed by atoms with van der Waals surface area (Å²) in [5.74, 6) is 0.0278. The lowest BCUT2D eigenvalue weighted by Gasteiger charge is -2.39. The van der Waals surface area contributed by atoms with Crippen LogP contribution in [0.3, 0.4) is 0 Å². The zero-order valence-corrected chi connectivity index (χ0v) is 13.0. The van der Waals surface area contributed by atoms with Gasteiger partial charge in [-0.1, -0.05) is 6.92 Å². The Kier molecular flexibility index (Phi) is 3.72. The summed E-state index contributed by atoms with van der Waals surface area (Å²) in [6.45, 7) is 6.06. The largest absolute Gasteiger partial charge is 0.481 e. The molecule has 0 saturated carbocycles. The van der Waals surface area contributed by atoms with Crippen LogP contribution in [0.2, 0.25) is 0 Å². The van der Waals surface area contributed by atoms with E-state index in [1.54, 1.807) is 6.33 Å². The first-order valence-electron chi connectivity index (χ1n) is 7.75. The quantitative estimate of drug-likeness (QED) is 0.929. The second kappa shape index (κ2) is 5.55. The number of piperidine rings is 1. The van der Waals surface area contributed by atoms with Crippen molar-refractivity contribution in [3.63, 3.8) is 0 Å². The highest BCUT2D eigenvalue weighted by atomic mass is 16.4. The van der Waals surface area contributed by atoms with Crippen LogP contribution < -0.4 is 4.90 Å². The van der Waals surface area contributed by atoms with E-state index in [2.05, 4.69) is 19.9 Å². The molecule has 22 heavy (non-hydrogen) atoms. The van der Waals surface area contributed by atoms with Gasteiger partial charge in [0.25, 0.3) is 0 Å². The van der Waals surface area contributed by atoms with Gasteiger partial charge in [0.1, 0.15) is 6.33 Å². The molecule has 1 saturated heterocycles. The molecule has 1 atom stereocenters. The van der Waals surface area contributed by atoms with E-state index >= 15 is 0 Å². The van der Waals surface area contributed by atoms with Crippen molar-refractivity contribution >= 4 is 23.0 Å². The van der Waals surface area contributed by atoms with Crippen LogP contribution >= 0.6 is 0 Å². The number of carboxylic acids is 1. The van der Waals surface area contributed by atoms with Crippen LogP contribution in [-0.2, 0) is 11.3 Å². The van der Waals surface area contributed by atoms with Crippen LogP contribution in [0.25, 0.3) is 11.2 Å². The molecule has 1 fully saturated rings. The Balaban J connectivity index is 2.00. The van der Waals surface area contributed by atoms with Crippen molar-refractivity contribution in [1.29, 1.82) is 0 Å². The Morgan fingerprint density at radius 1 is 1.36 bits per heavy atom. The molecule has 7 nitrogen and oxygen atoms in total. The molecule has 0 radical (unpaired) electrons. The Morgan fingerprint density at radius 2 is 2.18 bits per heavy atom. The fourth-order valence-electron chi connectivity index (χ4n) is 3.26. The molecule has 0 aromatic carbocycles. The molecular weight excluding hydrogens is 282 g/mol. The van der Waals surface area contributed by atoms with Gasteiger partial charge < -0.3 is 14.6 Å². The standard InChI is InChI=1S/C15H21N5O2/c1-3-15(14(21)22)6-5-7-20(8-15)13-11-12(16-9-17-13)19(4-2)10-18-11/h9-10H,3-8H2,1-2H3,(H,21,22). The first kappa shape index (κ1) is 14.7. The van der Waals surface area contributed by atoms with Crippen LogP contribution in [-0.4, -0.2) is 43.7 Å². The highest BCUT2D eigenvalue weighted by Gasteiger charge is 2.41. The molecule has 2 aromatic heterocycles. The molecule has 3 heterocycles. The SMILES string of the molecule is CCn1cnc2c(N3CCCC(CC)(C(=O)O)C3)ncnc21. The highest BCUT2D eigenvalue weighted by molar-refractivity contribution is 5.84. The van der Waals surface area contributed by atoms with Crippen molar-refractivity contribution in [3.8, 4) is 0 Å². The molecule has 2 aromatic rings. The lowest BCUT2D eigenvalue weighted by Crippen LogP contribution is -2.48. The number of carboxylic acid groups (broad SMARTS) is 1. The lowest BCUT2D eigenvalue weighted by atomic mass is 9.77. The molecule has 1 unspecified atom stereocenters. The topological polar surface area (TPSA) is 84.1 Å². The van der Waals surface area contributed by atoms with E-state index in [4.69, 9.17) is 0 Å². The predicted octanol–water partition coefficient (Wildman–Crippen LogP) is 1.93. The van der Waals surface area contributed by atoms with E-state index in [0.29, 0.717) is 19.4 Å². The third-order valence-electron chi connectivity index (χ3n) is 4.73.